The number of benzene rings is 9. The molecule has 0 saturated heterocycles. The zero-order chi connectivity index (χ0) is 30.3. The van der Waals surface area contributed by atoms with Gasteiger partial charge in [-0.05, 0) is 99.7 Å². The molecular weight excluding hydrogens is 560 g/mol. The first kappa shape index (κ1) is 24.5. The number of hydrogen-bond donors (Lipinski definition) is 0. The van der Waals surface area contributed by atoms with Crippen LogP contribution < -0.4 is 9.47 Å². The topological polar surface area (TPSA) is 18.5 Å². The number of fused-ring (bicyclic) bond motifs is 8. The number of ether oxygens (including phenoxy) is 2. The van der Waals surface area contributed by atoms with E-state index in [-0.39, 0.29) is 0 Å². The third-order valence-corrected chi connectivity index (χ3v) is 10.7. The minimum Gasteiger partial charge on any atom is -0.496 e. The van der Waals surface area contributed by atoms with Crippen molar-refractivity contribution in [3.8, 4) is 67.1 Å². The maximum atomic E-state index is 6.14. The predicted octanol–water partition coefficient (Wildman–Crippen LogP) is 11.9. The molecule has 9 aromatic rings. The van der Waals surface area contributed by atoms with E-state index in [9.17, 15) is 0 Å². The van der Waals surface area contributed by atoms with Gasteiger partial charge in [0.05, 0.1) is 14.2 Å². The molecule has 0 fully saturated rings. The molecular formula is C44H26O2. The molecule has 0 aromatic heterocycles. The van der Waals surface area contributed by atoms with Crippen molar-refractivity contribution in [2.24, 2.45) is 0 Å². The van der Waals surface area contributed by atoms with Crippen LogP contribution in [0.4, 0.5) is 0 Å². The lowest BCUT2D eigenvalue weighted by molar-refractivity contribution is 0.417. The lowest BCUT2D eigenvalue weighted by Gasteiger charge is -2.20. The lowest BCUT2D eigenvalue weighted by Crippen LogP contribution is -1.94. The monoisotopic (exact) mass is 586 g/mol. The molecule has 214 valence electrons. The van der Waals surface area contributed by atoms with Crippen molar-refractivity contribution in [3.05, 3.63) is 121 Å². The van der Waals surface area contributed by atoms with E-state index in [1.807, 2.05) is 0 Å². The van der Waals surface area contributed by atoms with Crippen molar-refractivity contribution in [1.82, 2.24) is 0 Å². The van der Waals surface area contributed by atoms with Gasteiger partial charge in [0.1, 0.15) is 11.5 Å². The van der Waals surface area contributed by atoms with Crippen LogP contribution in [0.15, 0.2) is 121 Å². The maximum Gasteiger partial charge on any atom is 0.127 e. The van der Waals surface area contributed by atoms with Gasteiger partial charge in [0, 0.05) is 21.9 Å². The molecule has 0 N–H and O–H groups in total. The van der Waals surface area contributed by atoms with Crippen molar-refractivity contribution in [2.45, 2.75) is 0 Å². The zero-order valence-electron chi connectivity index (χ0n) is 25.4. The van der Waals surface area contributed by atoms with Gasteiger partial charge in [-0.3, -0.25) is 0 Å². The van der Waals surface area contributed by atoms with Crippen molar-refractivity contribution in [2.75, 3.05) is 14.2 Å². The summed E-state index contributed by atoms with van der Waals surface area (Å²) in [6.45, 7) is 0. The average molecular weight is 587 g/mol. The van der Waals surface area contributed by atoms with Gasteiger partial charge < -0.3 is 9.47 Å². The number of rotatable bonds is 3. The summed E-state index contributed by atoms with van der Waals surface area (Å²) in [6.07, 6.45) is 0. The summed E-state index contributed by atoms with van der Waals surface area (Å²) in [5.74, 6) is 1.84. The molecule has 2 heteroatoms. The van der Waals surface area contributed by atoms with Crippen LogP contribution in [0.2, 0.25) is 0 Å². The van der Waals surface area contributed by atoms with E-state index in [0.29, 0.717) is 0 Å². The quantitative estimate of drug-likeness (QED) is 0.151. The molecule has 0 saturated carbocycles. The molecule has 2 aliphatic rings. The summed E-state index contributed by atoms with van der Waals surface area (Å²) in [6, 6.07) is 44.8. The third kappa shape index (κ3) is 2.76. The summed E-state index contributed by atoms with van der Waals surface area (Å²) in [7, 11) is 3.59. The maximum absolute atomic E-state index is 6.14. The second-order valence-electron chi connectivity index (χ2n) is 12.6. The molecule has 0 amide bonds. The van der Waals surface area contributed by atoms with E-state index in [1.165, 1.54) is 109 Å². The molecule has 0 aliphatic heterocycles. The Kier molecular flexibility index (Phi) is 4.49. The second kappa shape index (κ2) is 8.44. The van der Waals surface area contributed by atoms with Crippen molar-refractivity contribution in [3.63, 3.8) is 0 Å². The van der Waals surface area contributed by atoms with Crippen LogP contribution in [-0.2, 0) is 0 Å². The summed E-state index contributed by atoms with van der Waals surface area (Å²) >= 11 is 0. The molecule has 0 atom stereocenters. The Bertz CT molecular complexity index is 2820. The van der Waals surface area contributed by atoms with Gasteiger partial charge in [-0.2, -0.15) is 0 Å². The van der Waals surface area contributed by atoms with Gasteiger partial charge in [0.2, 0.25) is 0 Å². The number of hydrogen-bond acceptors (Lipinski definition) is 2. The molecule has 46 heavy (non-hydrogen) atoms. The van der Waals surface area contributed by atoms with E-state index in [2.05, 4.69) is 121 Å². The summed E-state index contributed by atoms with van der Waals surface area (Å²) < 4.78 is 12.3. The van der Waals surface area contributed by atoms with Crippen LogP contribution >= 0.6 is 0 Å². The first-order chi connectivity index (χ1) is 22.8. The Hall–Kier alpha value is -5.86. The fourth-order valence-corrected chi connectivity index (χ4v) is 8.92. The fraction of sp³-hybridized carbons (Fsp3) is 0.0455. The molecule has 0 unspecified atom stereocenters. The van der Waals surface area contributed by atoms with Crippen molar-refractivity contribution >= 4 is 53.9 Å². The molecule has 9 aromatic carbocycles. The predicted molar refractivity (Wildman–Crippen MR) is 193 cm³/mol. The van der Waals surface area contributed by atoms with Gasteiger partial charge in [-0.1, -0.05) is 109 Å². The molecule has 2 aliphatic carbocycles. The van der Waals surface area contributed by atoms with Gasteiger partial charge in [-0.15, -0.1) is 0 Å². The molecule has 0 bridgehead atoms. The van der Waals surface area contributed by atoms with Crippen LogP contribution in [0.5, 0.6) is 11.5 Å². The van der Waals surface area contributed by atoms with Crippen LogP contribution in [0, 0.1) is 0 Å². The Morgan fingerprint density at radius 1 is 0.304 bits per heavy atom. The third-order valence-electron chi connectivity index (χ3n) is 10.7. The summed E-state index contributed by atoms with van der Waals surface area (Å²) in [5, 5.41) is 12.8. The average Bonchev–Trinajstić information content (AvgIpc) is 3.64. The van der Waals surface area contributed by atoms with Gasteiger partial charge in [0.25, 0.3) is 0 Å². The molecule has 11 rings (SSSR count). The second-order valence-corrected chi connectivity index (χ2v) is 12.6. The Labute approximate surface area is 265 Å². The van der Waals surface area contributed by atoms with Crippen molar-refractivity contribution < 1.29 is 9.47 Å². The van der Waals surface area contributed by atoms with Crippen molar-refractivity contribution in [1.29, 1.82) is 0 Å². The van der Waals surface area contributed by atoms with E-state index in [4.69, 9.17) is 9.47 Å². The minimum absolute atomic E-state index is 0.915. The SMILES string of the molecule is COc1cc(-c2ccc3c4cc(OC)c5c6c(ccc(c7cccc2c73)c64)-c2ccccc2-5)c2cccc3c2c1-c1ccccc1-3. The van der Waals surface area contributed by atoms with Gasteiger partial charge in [0.15, 0.2) is 0 Å². The molecule has 2 nitrogen and oxygen atoms in total. The highest BCUT2D eigenvalue weighted by atomic mass is 16.5. The Morgan fingerprint density at radius 3 is 1.52 bits per heavy atom. The first-order valence-corrected chi connectivity index (χ1v) is 15.8. The van der Waals surface area contributed by atoms with E-state index < -0.39 is 0 Å². The molecule has 0 spiro atoms. The highest BCUT2D eigenvalue weighted by molar-refractivity contribution is 6.38. The largest absolute Gasteiger partial charge is 0.496 e. The lowest BCUT2D eigenvalue weighted by atomic mass is 9.84. The van der Waals surface area contributed by atoms with Crippen LogP contribution in [-0.4, -0.2) is 14.2 Å². The van der Waals surface area contributed by atoms with Gasteiger partial charge in [-0.25, -0.2) is 0 Å². The van der Waals surface area contributed by atoms with Crippen LogP contribution in [0.25, 0.3) is 109 Å². The van der Waals surface area contributed by atoms with Gasteiger partial charge >= 0.3 is 0 Å². The number of methoxy groups -OCH3 is 2. The first-order valence-electron chi connectivity index (χ1n) is 15.8. The summed E-state index contributed by atoms with van der Waals surface area (Å²) in [5.41, 5.74) is 12.4. The van der Waals surface area contributed by atoms with E-state index >= 15 is 0 Å². The minimum atomic E-state index is 0.915. The Morgan fingerprint density at radius 2 is 0.804 bits per heavy atom. The standard InChI is InChI=1S/C44H26O2/c1-45-37-21-35(31-16-8-14-27-23-9-3-5-11-28(23)42(37)40(27)31)25-17-18-34-36-22-38(46-2)43-29-12-6-4-10-24(29)32-19-20-33(41(36)44(32)43)30-15-7-13-26(25)39(30)34/h3-22H,1-2H3. The van der Waals surface area contributed by atoms with Crippen LogP contribution in [0.1, 0.15) is 0 Å². The highest BCUT2D eigenvalue weighted by Crippen LogP contribution is 2.57. The Balaban J connectivity index is 1.28. The zero-order valence-corrected chi connectivity index (χ0v) is 25.4. The highest BCUT2D eigenvalue weighted by Gasteiger charge is 2.30. The van der Waals surface area contributed by atoms with E-state index in [0.717, 1.165) is 11.5 Å². The summed E-state index contributed by atoms with van der Waals surface area (Å²) in [4.78, 5) is 0. The normalized spacial score (nSPS) is 12.6. The van der Waals surface area contributed by atoms with Crippen LogP contribution in [0.3, 0.4) is 0 Å². The fourth-order valence-electron chi connectivity index (χ4n) is 8.92. The smallest absolute Gasteiger partial charge is 0.127 e. The van der Waals surface area contributed by atoms with E-state index in [1.54, 1.807) is 14.2 Å². The molecule has 0 heterocycles. The molecule has 0 radical (unpaired) electrons.